The van der Waals surface area contributed by atoms with Crippen LogP contribution in [0.1, 0.15) is 24.4 Å². The third-order valence-corrected chi connectivity index (χ3v) is 3.57. The van der Waals surface area contributed by atoms with Crippen LogP contribution >= 0.6 is 0 Å². The standard InChI is InChI=1S/C13H14N2O6/c16-12(17)10-6-3-7-14(10)11(13(18)19)8-4-1-2-5-9(8)15(20)21/h1-2,4-5,10-11H,3,6-7H2,(H,16,17)(H,18,19). The van der Waals surface area contributed by atoms with E-state index in [2.05, 4.69) is 0 Å². The summed E-state index contributed by atoms with van der Waals surface area (Å²) in [5, 5.41) is 29.7. The molecule has 1 saturated heterocycles. The Kier molecular flexibility index (Phi) is 4.18. The minimum Gasteiger partial charge on any atom is -0.480 e. The van der Waals surface area contributed by atoms with Crippen LogP contribution < -0.4 is 0 Å². The molecule has 0 radical (unpaired) electrons. The zero-order valence-corrected chi connectivity index (χ0v) is 11.0. The van der Waals surface area contributed by atoms with Crippen molar-refractivity contribution in [1.29, 1.82) is 0 Å². The zero-order chi connectivity index (χ0) is 15.6. The number of nitro benzene ring substituents is 1. The summed E-state index contributed by atoms with van der Waals surface area (Å²) in [7, 11) is 0. The Hall–Kier alpha value is -2.48. The van der Waals surface area contributed by atoms with E-state index in [1.165, 1.54) is 29.2 Å². The maximum atomic E-state index is 11.6. The fourth-order valence-electron chi connectivity index (χ4n) is 2.70. The van der Waals surface area contributed by atoms with Crippen molar-refractivity contribution in [3.8, 4) is 0 Å². The second-order valence-corrected chi connectivity index (χ2v) is 4.79. The molecule has 1 heterocycles. The molecule has 0 spiro atoms. The summed E-state index contributed by atoms with van der Waals surface area (Å²) >= 11 is 0. The summed E-state index contributed by atoms with van der Waals surface area (Å²) in [5.74, 6) is -2.41. The molecule has 1 fully saturated rings. The summed E-state index contributed by atoms with van der Waals surface area (Å²) in [4.78, 5) is 34.5. The lowest BCUT2D eigenvalue weighted by molar-refractivity contribution is -0.386. The molecule has 21 heavy (non-hydrogen) atoms. The number of carboxylic acid groups (broad SMARTS) is 2. The van der Waals surface area contributed by atoms with E-state index >= 15 is 0 Å². The van der Waals surface area contributed by atoms with Gasteiger partial charge < -0.3 is 10.2 Å². The van der Waals surface area contributed by atoms with Crippen LogP contribution in [-0.2, 0) is 9.59 Å². The van der Waals surface area contributed by atoms with Crippen LogP contribution in [0.25, 0.3) is 0 Å². The molecule has 1 aromatic rings. The van der Waals surface area contributed by atoms with Crippen molar-refractivity contribution in [2.75, 3.05) is 6.54 Å². The molecule has 0 amide bonds. The summed E-state index contributed by atoms with van der Waals surface area (Å²) in [6, 6.07) is 3.25. The molecule has 1 aliphatic rings. The molecule has 0 aromatic heterocycles. The molecule has 2 atom stereocenters. The normalized spacial score (nSPS) is 20.1. The highest BCUT2D eigenvalue weighted by Gasteiger charge is 2.41. The minimum atomic E-state index is -1.34. The molecule has 0 aliphatic carbocycles. The summed E-state index contributed by atoms with van der Waals surface area (Å²) in [6.45, 7) is 0.278. The quantitative estimate of drug-likeness (QED) is 0.619. The van der Waals surface area contributed by atoms with E-state index < -0.39 is 28.9 Å². The number of nitrogens with zero attached hydrogens (tertiary/aromatic N) is 2. The monoisotopic (exact) mass is 294 g/mol. The molecule has 8 heteroatoms. The number of aliphatic carboxylic acids is 2. The van der Waals surface area contributed by atoms with Crippen LogP contribution in [0.5, 0.6) is 0 Å². The number of nitro groups is 1. The number of benzene rings is 1. The van der Waals surface area contributed by atoms with Gasteiger partial charge in [-0.25, -0.2) is 0 Å². The van der Waals surface area contributed by atoms with Gasteiger partial charge in [0.25, 0.3) is 5.69 Å². The predicted molar refractivity (Wildman–Crippen MR) is 70.8 cm³/mol. The number of likely N-dealkylation sites (tertiary alicyclic amines) is 1. The first kappa shape index (κ1) is 14.9. The number of rotatable bonds is 5. The van der Waals surface area contributed by atoms with Gasteiger partial charge in [-0.2, -0.15) is 0 Å². The Balaban J connectivity index is 2.48. The third-order valence-electron chi connectivity index (χ3n) is 3.57. The largest absolute Gasteiger partial charge is 0.480 e. The first-order valence-corrected chi connectivity index (χ1v) is 6.38. The van der Waals surface area contributed by atoms with Gasteiger partial charge in [0.2, 0.25) is 0 Å². The van der Waals surface area contributed by atoms with Gasteiger partial charge in [0.15, 0.2) is 0 Å². The Morgan fingerprint density at radius 2 is 2.00 bits per heavy atom. The number of carbonyl (C=O) groups is 2. The van der Waals surface area contributed by atoms with E-state index in [1.54, 1.807) is 0 Å². The smallest absolute Gasteiger partial charge is 0.325 e. The van der Waals surface area contributed by atoms with Crippen molar-refractivity contribution >= 4 is 17.6 Å². The molecule has 1 aromatic carbocycles. The lowest BCUT2D eigenvalue weighted by Gasteiger charge is -2.27. The van der Waals surface area contributed by atoms with E-state index in [0.717, 1.165) is 0 Å². The maximum Gasteiger partial charge on any atom is 0.325 e. The molecular weight excluding hydrogens is 280 g/mol. The van der Waals surface area contributed by atoms with Crippen molar-refractivity contribution in [1.82, 2.24) is 4.90 Å². The maximum absolute atomic E-state index is 11.6. The second-order valence-electron chi connectivity index (χ2n) is 4.79. The molecule has 0 saturated carbocycles. The fourth-order valence-corrected chi connectivity index (χ4v) is 2.70. The van der Waals surface area contributed by atoms with Crippen molar-refractivity contribution in [2.45, 2.75) is 24.9 Å². The van der Waals surface area contributed by atoms with E-state index in [9.17, 15) is 29.9 Å². The van der Waals surface area contributed by atoms with Crippen LogP contribution in [0.3, 0.4) is 0 Å². The molecule has 1 aliphatic heterocycles. The Labute approximate surface area is 119 Å². The SMILES string of the molecule is O=C(O)C1CCCN1C(C(=O)O)c1ccccc1[N+](=O)[O-]. The lowest BCUT2D eigenvalue weighted by Crippen LogP contribution is -2.42. The van der Waals surface area contributed by atoms with Crippen LogP contribution in [0, 0.1) is 10.1 Å². The molecule has 8 nitrogen and oxygen atoms in total. The highest BCUT2D eigenvalue weighted by Crippen LogP contribution is 2.34. The topological polar surface area (TPSA) is 121 Å². The van der Waals surface area contributed by atoms with E-state index in [0.29, 0.717) is 12.8 Å². The summed E-state index contributed by atoms with van der Waals surface area (Å²) < 4.78 is 0. The van der Waals surface area contributed by atoms with Crippen molar-refractivity contribution in [2.24, 2.45) is 0 Å². The zero-order valence-electron chi connectivity index (χ0n) is 11.0. The lowest BCUT2D eigenvalue weighted by atomic mass is 10.0. The van der Waals surface area contributed by atoms with Gasteiger partial charge in [-0.1, -0.05) is 12.1 Å². The van der Waals surface area contributed by atoms with Gasteiger partial charge in [-0.05, 0) is 18.9 Å². The van der Waals surface area contributed by atoms with E-state index in [1.807, 2.05) is 0 Å². The Morgan fingerprint density at radius 1 is 1.33 bits per heavy atom. The van der Waals surface area contributed by atoms with Crippen LogP contribution in [0.2, 0.25) is 0 Å². The van der Waals surface area contributed by atoms with Crippen molar-refractivity contribution in [3.63, 3.8) is 0 Å². The van der Waals surface area contributed by atoms with E-state index in [4.69, 9.17) is 0 Å². The summed E-state index contributed by atoms with van der Waals surface area (Å²) in [6.07, 6.45) is 0.876. The number of hydrogen-bond acceptors (Lipinski definition) is 5. The Bertz CT molecular complexity index is 588. The van der Waals surface area contributed by atoms with Gasteiger partial charge in [0.1, 0.15) is 12.1 Å². The van der Waals surface area contributed by atoms with Gasteiger partial charge in [0.05, 0.1) is 10.5 Å². The average Bonchev–Trinajstić information content (AvgIpc) is 2.88. The van der Waals surface area contributed by atoms with Crippen molar-refractivity contribution < 1.29 is 24.7 Å². The highest BCUT2D eigenvalue weighted by molar-refractivity contribution is 5.80. The molecule has 0 bridgehead atoms. The van der Waals surface area contributed by atoms with Crippen LogP contribution in [0.4, 0.5) is 5.69 Å². The summed E-state index contributed by atoms with van der Waals surface area (Å²) in [5.41, 5.74) is -0.316. The minimum absolute atomic E-state index is 0.00292. The third kappa shape index (κ3) is 2.84. The first-order valence-electron chi connectivity index (χ1n) is 6.38. The van der Waals surface area contributed by atoms with Gasteiger partial charge >= 0.3 is 11.9 Å². The first-order chi connectivity index (χ1) is 9.93. The average molecular weight is 294 g/mol. The van der Waals surface area contributed by atoms with Crippen molar-refractivity contribution in [3.05, 3.63) is 39.9 Å². The molecular formula is C13H14N2O6. The van der Waals surface area contributed by atoms with Crippen LogP contribution in [0.15, 0.2) is 24.3 Å². The number of carboxylic acids is 2. The predicted octanol–water partition coefficient (Wildman–Crippen LogP) is 1.27. The number of hydrogen-bond donors (Lipinski definition) is 2. The fraction of sp³-hybridized carbons (Fsp3) is 0.385. The molecule has 2 N–H and O–H groups in total. The van der Waals surface area contributed by atoms with E-state index in [-0.39, 0.29) is 17.8 Å². The van der Waals surface area contributed by atoms with Crippen LogP contribution in [-0.4, -0.2) is 44.6 Å². The molecule has 2 unspecified atom stereocenters. The Morgan fingerprint density at radius 3 is 2.57 bits per heavy atom. The molecule has 112 valence electrons. The molecule has 2 rings (SSSR count). The number of para-hydroxylation sites is 1. The second kappa shape index (κ2) is 5.88. The highest BCUT2D eigenvalue weighted by atomic mass is 16.6. The van der Waals surface area contributed by atoms with Gasteiger partial charge in [-0.3, -0.25) is 24.6 Å². The van der Waals surface area contributed by atoms with Gasteiger partial charge in [-0.15, -0.1) is 0 Å². The van der Waals surface area contributed by atoms with Gasteiger partial charge in [0, 0.05) is 12.6 Å².